The number of rotatable bonds is 3. The van der Waals surface area contributed by atoms with Gasteiger partial charge in [-0.05, 0) is 18.6 Å². The van der Waals surface area contributed by atoms with Crippen LogP contribution >= 0.6 is 0 Å². The van der Waals surface area contributed by atoms with Gasteiger partial charge in [0.25, 0.3) is 0 Å². The summed E-state index contributed by atoms with van der Waals surface area (Å²) in [5, 5.41) is 9.45. The van der Waals surface area contributed by atoms with E-state index in [9.17, 15) is 9.90 Å². The van der Waals surface area contributed by atoms with E-state index in [4.69, 9.17) is 4.42 Å². The topological polar surface area (TPSA) is 58.6 Å². The minimum Gasteiger partial charge on any atom is -0.408 e. The normalized spacial score (nSPS) is 20.8. The van der Waals surface area contributed by atoms with E-state index in [-0.39, 0.29) is 11.9 Å². The smallest absolute Gasteiger partial charge is 0.408 e. The summed E-state index contributed by atoms with van der Waals surface area (Å²) in [5.74, 6) is -0.309. The van der Waals surface area contributed by atoms with E-state index in [0.29, 0.717) is 18.7 Å². The second-order valence-electron chi connectivity index (χ2n) is 4.73. The summed E-state index contributed by atoms with van der Waals surface area (Å²) in [6.45, 7) is 2.96. The molecule has 5 nitrogen and oxygen atoms in total. The second-order valence-corrected chi connectivity index (χ2v) is 4.73. The zero-order valence-corrected chi connectivity index (χ0v) is 10.1. The van der Waals surface area contributed by atoms with Crippen molar-refractivity contribution in [3.8, 4) is 0 Å². The molecule has 0 unspecified atom stereocenters. The average Bonchev–Trinajstić information content (AvgIpc) is 2.90. The summed E-state index contributed by atoms with van der Waals surface area (Å²) < 4.78 is 6.83. The molecular formula is C13H16N2O3. The molecule has 0 amide bonds. The van der Waals surface area contributed by atoms with Crippen molar-refractivity contribution in [3.63, 3.8) is 0 Å². The number of nitrogens with zero attached hydrogens (tertiary/aromatic N) is 2. The highest BCUT2D eigenvalue weighted by atomic mass is 16.4. The first-order valence-electron chi connectivity index (χ1n) is 6.23. The minimum atomic E-state index is -0.309. The van der Waals surface area contributed by atoms with Crippen LogP contribution in [-0.4, -0.2) is 40.3 Å². The first-order chi connectivity index (χ1) is 8.74. The predicted molar refractivity (Wildman–Crippen MR) is 67.5 cm³/mol. The zero-order valence-electron chi connectivity index (χ0n) is 10.1. The van der Waals surface area contributed by atoms with E-state index in [2.05, 4.69) is 4.90 Å². The molecule has 1 aromatic carbocycles. The van der Waals surface area contributed by atoms with Crippen molar-refractivity contribution in [1.29, 1.82) is 0 Å². The van der Waals surface area contributed by atoms with Crippen molar-refractivity contribution in [2.45, 2.75) is 19.1 Å². The zero-order chi connectivity index (χ0) is 12.5. The molecule has 1 saturated heterocycles. The number of aliphatic hydroxyl groups excluding tert-OH is 1. The van der Waals surface area contributed by atoms with Gasteiger partial charge in [-0.2, -0.15) is 0 Å². The summed E-state index contributed by atoms with van der Waals surface area (Å²) >= 11 is 0. The number of hydrogen-bond donors (Lipinski definition) is 1. The second kappa shape index (κ2) is 4.59. The lowest BCUT2D eigenvalue weighted by molar-refractivity contribution is 0.175. The number of benzene rings is 1. The lowest BCUT2D eigenvalue weighted by Gasteiger charge is -2.14. The van der Waals surface area contributed by atoms with Gasteiger partial charge in [0.2, 0.25) is 0 Å². The Morgan fingerprint density at radius 1 is 1.33 bits per heavy atom. The molecule has 0 saturated carbocycles. The van der Waals surface area contributed by atoms with Crippen LogP contribution in [0.5, 0.6) is 0 Å². The van der Waals surface area contributed by atoms with Gasteiger partial charge in [0, 0.05) is 26.2 Å². The third-order valence-electron chi connectivity index (χ3n) is 3.46. The Morgan fingerprint density at radius 2 is 2.17 bits per heavy atom. The number of oxazole rings is 1. The Morgan fingerprint density at radius 3 is 2.94 bits per heavy atom. The van der Waals surface area contributed by atoms with Gasteiger partial charge < -0.3 is 9.52 Å². The van der Waals surface area contributed by atoms with Crippen LogP contribution in [0.1, 0.15) is 6.42 Å². The summed E-state index contributed by atoms with van der Waals surface area (Å²) in [7, 11) is 0. The molecule has 1 aliphatic heterocycles. The maximum absolute atomic E-state index is 11.7. The first kappa shape index (κ1) is 11.5. The van der Waals surface area contributed by atoms with E-state index in [1.807, 2.05) is 18.2 Å². The number of hydrogen-bond acceptors (Lipinski definition) is 4. The van der Waals surface area contributed by atoms with Crippen molar-refractivity contribution >= 4 is 11.1 Å². The predicted octanol–water partition coefficient (Wildman–Crippen LogP) is 0.661. The number of fused-ring (bicyclic) bond motifs is 1. The molecule has 0 radical (unpaired) electrons. The van der Waals surface area contributed by atoms with Gasteiger partial charge in [0.1, 0.15) is 0 Å². The molecule has 2 aromatic rings. The molecule has 2 heterocycles. The number of β-amino-alcohol motifs (C(OH)–C–C–N with tert-alkyl or cyclic N) is 1. The van der Waals surface area contributed by atoms with E-state index >= 15 is 0 Å². The van der Waals surface area contributed by atoms with Crippen LogP contribution in [0.15, 0.2) is 33.5 Å². The lowest BCUT2D eigenvalue weighted by atomic mass is 10.3. The van der Waals surface area contributed by atoms with Gasteiger partial charge in [0.15, 0.2) is 5.58 Å². The van der Waals surface area contributed by atoms with Crippen LogP contribution in [-0.2, 0) is 6.54 Å². The molecule has 18 heavy (non-hydrogen) atoms. The number of aromatic nitrogens is 1. The van der Waals surface area contributed by atoms with Crippen molar-refractivity contribution in [2.24, 2.45) is 0 Å². The van der Waals surface area contributed by atoms with Crippen LogP contribution < -0.4 is 5.76 Å². The summed E-state index contributed by atoms with van der Waals surface area (Å²) in [5.41, 5.74) is 1.46. The molecule has 1 N–H and O–H groups in total. The van der Waals surface area contributed by atoms with Crippen molar-refractivity contribution in [1.82, 2.24) is 9.47 Å². The van der Waals surface area contributed by atoms with Crippen LogP contribution in [0.2, 0.25) is 0 Å². The van der Waals surface area contributed by atoms with Gasteiger partial charge in [-0.3, -0.25) is 9.47 Å². The highest BCUT2D eigenvalue weighted by Crippen LogP contribution is 2.13. The van der Waals surface area contributed by atoms with Crippen molar-refractivity contribution in [3.05, 3.63) is 34.8 Å². The van der Waals surface area contributed by atoms with Gasteiger partial charge in [-0.15, -0.1) is 0 Å². The van der Waals surface area contributed by atoms with Crippen LogP contribution in [0.4, 0.5) is 0 Å². The maximum Gasteiger partial charge on any atom is 0.419 e. The fourth-order valence-corrected chi connectivity index (χ4v) is 2.48. The monoisotopic (exact) mass is 248 g/mol. The Labute approximate surface area is 104 Å². The molecule has 3 rings (SSSR count). The van der Waals surface area contributed by atoms with E-state index < -0.39 is 0 Å². The number of para-hydroxylation sites is 2. The third-order valence-corrected chi connectivity index (χ3v) is 3.46. The summed E-state index contributed by atoms with van der Waals surface area (Å²) in [4.78, 5) is 13.9. The molecule has 0 bridgehead atoms. The molecule has 1 fully saturated rings. The Bertz CT molecular complexity index is 602. The molecule has 1 aliphatic rings. The van der Waals surface area contributed by atoms with E-state index in [1.54, 1.807) is 10.6 Å². The minimum absolute atomic E-state index is 0.220. The van der Waals surface area contributed by atoms with Gasteiger partial charge in [-0.25, -0.2) is 4.79 Å². The molecule has 1 atom stereocenters. The van der Waals surface area contributed by atoms with Crippen molar-refractivity contribution in [2.75, 3.05) is 19.6 Å². The largest absolute Gasteiger partial charge is 0.419 e. The standard InChI is InChI=1S/C13H16N2O3/c16-10-5-6-14(9-10)7-8-15-11-3-1-2-4-12(11)18-13(15)17/h1-4,10,16H,5-9H2/t10-/m1/s1. The van der Waals surface area contributed by atoms with Crippen LogP contribution in [0.3, 0.4) is 0 Å². The van der Waals surface area contributed by atoms with Crippen LogP contribution in [0, 0.1) is 0 Å². The fraction of sp³-hybridized carbons (Fsp3) is 0.462. The SMILES string of the molecule is O=c1oc2ccccc2n1CCN1CC[C@@H](O)C1. The Hall–Kier alpha value is -1.59. The quantitative estimate of drug-likeness (QED) is 0.867. The van der Waals surface area contributed by atoms with E-state index in [0.717, 1.165) is 25.0 Å². The Kier molecular flexibility index (Phi) is 2.93. The van der Waals surface area contributed by atoms with Gasteiger partial charge in [-0.1, -0.05) is 12.1 Å². The molecule has 96 valence electrons. The number of aliphatic hydroxyl groups is 1. The maximum atomic E-state index is 11.7. The first-order valence-corrected chi connectivity index (χ1v) is 6.23. The van der Waals surface area contributed by atoms with Crippen molar-refractivity contribution < 1.29 is 9.52 Å². The van der Waals surface area contributed by atoms with E-state index in [1.165, 1.54) is 0 Å². The lowest BCUT2D eigenvalue weighted by Crippen LogP contribution is -2.28. The molecule has 1 aromatic heterocycles. The van der Waals surface area contributed by atoms with Gasteiger partial charge >= 0.3 is 5.76 Å². The number of likely N-dealkylation sites (tertiary alicyclic amines) is 1. The Balaban J connectivity index is 1.78. The van der Waals surface area contributed by atoms with Gasteiger partial charge in [0.05, 0.1) is 11.6 Å². The molecule has 0 aliphatic carbocycles. The summed E-state index contributed by atoms with van der Waals surface area (Å²) in [6, 6.07) is 7.44. The molecular weight excluding hydrogens is 232 g/mol. The van der Waals surface area contributed by atoms with Crippen LogP contribution in [0.25, 0.3) is 11.1 Å². The average molecular weight is 248 g/mol. The fourth-order valence-electron chi connectivity index (χ4n) is 2.48. The molecule has 0 spiro atoms. The highest BCUT2D eigenvalue weighted by molar-refractivity contribution is 5.72. The summed E-state index contributed by atoms with van der Waals surface area (Å²) in [6.07, 6.45) is 0.601. The third kappa shape index (κ3) is 2.07. The molecule has 5 heteroatoms. The highest BCUT2D eigenvalue weighted by Gasteiger charge is 2.20.